The number of aliphatic hydroxyl groups excluding tert-OH is 1. The Hall–Kier alpha value is -2.11. The monoisotopic (exact) mass is 617 g/mol. The van der Waals surface area contributed by atoms with Gasteiger partial charge in [-0.2, -0.15) is 0 Å². The van der Waals surface area contributed by atoms with Crippen LogP contribution >= 0.6 is 15.9 Å². The predicted octanol–water partition coefficient (Wildman–Crippen LogP) is 5.09. The van der Waals surface area contributed by atoms with E-state index in [-0.39, 0.29) is 30.8 Å². The number of nitrogens with one attached hydrogen (secondary N) is 2. The molecule has 210 valence electrons. The summed E-state index contributed by atoms with van der Waals surface area (Å²) < 4.78 is 23.0. The first-order valence-electron chi connectivity index (χ1n) is 13.8. The molecule has 10 heteroatoms. The Balaban J connectivity index is 1.41. The zero-order chi connectivity index (χ0) is 27.9. The lowest BCUT2D eigenvalue weighted by molar-refractivity contribution is -0.146. The summed E-state index contributed by atoms with van der Waals surface area (Å²) in [6, 6.07) is 13.3. The Morgan fingerprint density at radius 1 is 1.28 bits per heavy atom. The molecule has 3 heterocycles. The third kappa shape index (κ3) is 5.22. The number of hydrogen-bond donors (Lipinski definition) is 3. The molecule has 3 aliphatic rings. The van der Waals surface area contributed by atoms with Crippen LogP contribution < -0.4 is 15.5 Å². The highest BCUT2D eigenvalue weighted by atomic mass is 79.9. The number of hydrogen-bond acceptors (Lipinski definition) is 5. The van der Waals surface area contributed by atoms with Crippen LogP contribution in [-0.4, -0.2) is 51.1 Å². The van der Waals surface area contributed by atoms with E-state index in [1.807, 2.05) is 49.4 Å². The predicted molar refractivity (Wildman–Crippen MR) is 156 cm³/mol. The molecule has 0 aromatic heterocycles. The number of anilines is 2. The van der Waals surface area contributed by atoms with Crippen LogP contribution in [0, 0.1) is 11.8 Å². The molecule has 0 radical (unpaired) electrons. The number of rotatable bonds is 7. The maximum absolute atomic E-state index is 15.6. The zero-order valence-corrected chi connectivity index (χ0v) is 25.3. The van der Waals surface area contributed by atoms with Crippen molar-refractivity contribution in [3.05, 3.63) is 58.1 Å². The molecule has 2 amide bonds. The molecule has 5 rings (SSSR count). The van der Waals surface area contributed by atoms with Crippen LogP contribution in [0.15, 0.2) is 46.9 Å². The van der Waals surface area contributed by atoms with Gasteiger partial charge >= 0.3 is 0 Å². The maximum atomic E-state index is 15.6. The quantitative estimate of drug-likeness (QED) is 0.297. The SMILES string of the molecule is C[C@H]1[C@H]([Si](C)(C)F)[C@@H](CCO)O[C@]12C(=O)N(Cc1ccc(NC(=O)C3CCCNC3)cc1)c1ccc(Br)cc12. The number of carbonyl (C=O) groups excluding carboxylic acids is 2. The van der Waals surface area contributed by atoms with Gasteiger partial charge in [0, 0.05) is 40.3 Å². The lowest BCUT2D eigenvalue weighted by Crippen LogP contribution is -2.45. The van der Waals surface area contributed by atoms with E-state index in [2.05, 4.69) is 26.6 Å². The fourth-order valence-electron chi connectivity index (χ4n) is 6.77. The first kappa shape index (κ1) is 28.4. The van der Waals surface area contributed by atoms with Gasteiger partial charge in [-0.25, -0.2) is 0 Å². The average Bonchev–Trinajstić information content (AvgIpc) is 3.32. The van der Waals surface area contributed by atoms with Crippen molar-refractivity contribution >= 4 is 47.5 Å². The molecular weight excluding hydrogens is 581 g/mol. The van der Waals surface area contributed by atoms with Crippen molar-refractivity contribution in [1.29, 1.82) is 0 Å². The van der Waals surface area contributed by atoms with E-state index in [4.69, 9.17) is 4.74 Å². The van der Waals surface area contributed by atoms with Crippen molar-refractivity contribution in [2.75, 3.05) is 29.9 Å². The third-order valence-electron chi connectivity index (χ3n) is 8.57. The van der Waals surface area contributed by atoms with Gasteiger partial charge in [0.15, 0.2) is 5.60 Å². The summed E-state index contributed by atoms with van der Waals surface area (Å²) in [4.78, 5) is 28.6. The number of carbonyl (C=O) groups is 2. The van der Waals surface area contributed by atoms with Gasteiger partial charge in [0.05, 0.1) is 24.3 Å². The largest absolute Gasteiger partial charge is 0.396 e. The molecule has 3 N–H and O–H groups in total. The van der Waals surface area contributed by atoms with Crippen molar-refractivity contribution in [2.24, 2.45) is 11.8 Å². The number of piperidine rings is 1. The van der Waals surface area contributed by atoms with Gasteiger partial charge in [-0.05, 0) is 74.8 Å². The van der Waals surface area contributed by atoms with Crippen molar-refractivity contribution in [2.45, 2.75) is 63.1 Å². The Kier molecular flexibility index (Phi) is 8.05. The summed E-state index contributed by atoms with van der Waals surface area (Å²) in [5.41, 5.74) is 1.38. The second kappa shape index (κ2) is 11.0. The van der Waals surface area contributed by atoms with Gasteiger partial charge < -0.3 is 29.5 Å². The van der Waals surface area contributed by atoms with Gasteiger partial charge in [0.1, 0.15) is 0 Å². The third-order valence-corrected chi connectivity index (χ3v) is 11.5. The minimum atomic E-state index is -3.23. The number of fused-ring (bicyclic) bond motifs is 2. The van der Waals surface area contributed by atoms with Crippen LogP contribution in [0.1, 0.15) is 37.3 Å². The first-order valence-corrected chi connectivity index (χ1v) is 17.5. The summed E-state index contributed by atoms with van der Waals surface area (Å²) in [7, 11) is -3.23. The summed E-state index contributed by atoms with van der Waals surface area (Å²) in [6.07, 6.45) is 1.63. The second-order valence-corrected chi connectivity index (χ2v) is 16.3. The van der Waals surface area contributed by atoms with E-state index < -0.39 is 31.6 Å². The molecule has 0 aliphatic carbocycles. The maximum Gasteiger partial charge on any atom is 0.264 e. The molecule has 1 spiro atoms. The summed E-state index contributed by atoms with van der Waals surface area (Å²) in [6.45, 7) is 7.07. The molecule has 2 aromatic rings. The van der Waals surface area contributed by atoms with E-state index in [0.29, 0.717) is 13.1 Å². The minimum absolute atomic E-state index is 0.0183. The van der Waals surface area contributed by atoms with Crippen LogP contribution in [0.2, 0.25) is 18.6 Å². The van der Waals surface area contributed by atoms with Crippen molar-refractivity contribution in [1.82, 2.24) is 5.32 Å². The number of nitrogens with zero attached hydrogens (tertiary/aromatic N) is 1. The van der Waals surface area contributed by atoms with Gasteiger partial charge in [-0.1, -0.05) is 35.0 Å². The van der Waals surface area contributed by atoms with Crippen LogP contribution in [0.5, 0.6) is 0 Å². The molecule has 3 aliphatic heterocycles. The smallest absolute Gasteiger partial charge is 0.264 e. The standard InChI is InChI=1S/C29H37BrFN3O4Si/c1-18-26(39(2,3)31)25(12-14-35)38-29(18)23-15-21(30)8-11-24(23)34(28(29)37)17-19-6-9-22(10-7-19)33-27(36)20-5-4-13-32-16-20/h6-11,15,18,20,25-26,32,35H,4-5,12-14,16-17H2,1-3H3,(H,33,36)/t18-,20?,25+,26-,29+/m0/s1. The van der Waals surface area contributed by atoms with Crippen molar-refractivity contribution in [3.8, 4) is 0 Å². The van der Waals surface area contributed by atoms with E-state index in [1.165, 1.54) is 0 Å². The lowest BCUT2D eigenvalue weighted by Gasteiger charge is -2.31. The molecule has 5 atom stereocenters. The average molecular weight is 619 g/mol. The number of ether oxygens (including phenoxy) is 1. The van der Waals surface area contributed by atoms with Gasteiger partial charge in [-0.15, -0.1) is 0 Å². The fraction of sp³-hybridized carbons (Fsp3) is 0.517. The van der Waals surface area contributed by atoms with Gasteiger partial charge in [-0.3, -0.25) is 9.59 Å². The summed E-state index contributed by atoms with van der Waals surface area (Å²) >= 11 is 3.55. The Bertz CT molecular complexity index is 1230. The van der Waals surface area contributed by atoms with E-state index in [1.54, 1.807) is 18.0 Å². The van der Waals surface area contributed by atoms with Crippen LogP contribution in [0.3, 0.4) is 0 Å². The fourth-order valence-corrected chi connectivity index (χ4v) is 9.67. The molecule has 0 saturated carbocycles. The topological polar surface area (TPSA) is 90.9 Å². The molecule has 39 heavy (non-hydrogen) atoms. The number of amides is 2. The Morgan fingerprint density at radius 3 is 2.67 bits per heavy atom. The van der Waals surface area contributed by atoms with E-state index in [9.17, 15) is 14.7 Å². The second-order valence-electron chi connectivity index (χ2n) is 11.6. The number of halogens is 2. The van der Waals surface area contributed by atoms with Gasteiger partial charge in [0.2, 0.25) is 14.3 Å². The highest BCUT2D eigenvalue weighted by Crippen LogP contribution is 2.60. The number of aliphatic hydroxyl groups is 1. The molecule has 1 unspecified atom stereocenters. The van der Waals surface area contributed by atoms with Gasteiger partial charge in [0.25, 0.3) is 5.91 Å². The summed E-state index contributed by atoms with van der Waals surface area (Å²) in [5.74, 6) is -0.603. The molecule has 2 fully saturated rings. The lowest BCUT2D eigenvalue weighted by atomic mass is 9.82. The summed E-state index contributed by atoms with van der Waals surface area (Å²) in [5, 5.41) is 16.0. The molecule has 2 aromatic carbocycles. The molecule has 2 saturated heterocycles. The van der Waals surface area contributed by atoms with Crippen molar-refractivity contribution in [3.63, 3.8) is 0 Å². The highest BCUT2D eigenvalue weighted by Gasteiger charge is 2.66. The van der Waals surface area contributed by atoms with Crippen LogP contribution in [-0.2, 0) is 26.5 Å². The van der Waals surface area contributed by atoms with Crippen molar-refractivity contribution < 1.29 is 23.5 Å². The van der Waals surface area contributed by atoms with E-state index in [0.717, 1.165) is 46.4 Å². The number of benzene rings is 2. The Labute approximate surface area is 238 Å². The van der Waals surface area contributed by atoms with Crippen LogP contribution in [0.4, 0.5) is 15.5 Å². The van der Waals surface area contributed by atoms with Crippen LogP contribution in [0.25, 0.3) is 0 Å². The highest BCUT2D eigenvalue weighted by molar-refractivity contribution is 9.10. The Morgan fingerprint density at radius 2 is 2.03 bits per heavy atom. The zero-order valence-electron chi connectivity index (χ0n) is 22.7. The molecule has 7 nitrogen and oxygen atoms in total. The molecular formula is C29H37BrFN3O4Si. The molecule has 0 bridgehead atoms. The normalized spacial score (nSPS) is 28.7. The first-order chi connectivity index (χ1) is 18.6. The minimum Gasteiger partial charge on any atom is -0.396 e. The van der Waals surface area contributed by atoms with E-state index >= 15 is 4.11 Å².